The average Bonchev–Trinajstić information content (AvgIpc) is 2.63. The normalized spacial score (nSPS) is 23.0. The molecule has 1 aliphatic heterocycles. The lowest BCUT2D eigenvalue weighted by Gasteiger charge is -2.31. The summed E-state index contributed by atoms with van der Waals surface area (Å²) in [5.41, 5.74) is 0.842. The van der Waals surface area contributed by atoms with Gasteiger partial charge in [0.15, 0.2) is 6.29 Å². The second-order valence-corrected chi connectivity index (χ2v) is 6.44. The second-order valence-electron chi connectivity index (χ2n) is 6.44. The van der Waals surface area contributed by atoms with Gasteiger partial charge in [-0.05, 0) is 31.7 Å². The molecular weight excluding hydrogens is 304 g/mol. The second kappa shape index (κ2) is 9.75. The van der Waals surface area contributed by atoms with Crippen LogP contribution >= 0.6 is 0 Å². The van der Waals surface area contributed by atoms with Gasteiger partial charge in [0.25, 0.3) is 0 Å². The van der Waals surface area contributed by atoms with Crippen LogP contribution in [-0.4, -0.2) is 36.7 Å². The van der Waals surface area contributed by atoms with Gasteiger partial charge in [-0.25, -0.2) is 0 Å². The van der Waals surface area contributed by atoms with Gasteiger partial charge in [0.05, 0.1) is 18.3 Å². The number of aliphatic hydroxyl groups is 1. The zero-order valence-corrected chi connectivity index (χ0v) is 14.5. The van der Waals surface area contributed by atoms with Gasteiger partial charge in [0.2, 0.25) is 0 Å². The molecule has 0 aromatic heterocycles. The van der Waals surface area contributed by atoms with Crippen LogP contribution in [0.2, 0.25) is 0 Å². The molecule has 0 saturated carbocycles. The maximum atomic E-state index is 10.2. The fraction of sp³-hybridized carbons (Fsp3) is 0.632. The zero-order chi connectivity index (χ0) is 17.4. The lowest BCUT2D eigenvalue weighted by Crippen LogP contribution is -2.42. The predicted molar refractivity (Wildman–Crippen MR) is 92.1 cm³/mol. The van der Waals surface area contributed by atoms with Gasteiger partial charge >= 0.3 is 0 Å². The number of rotatable bonds is 8. The fourth-order valence-corrected chi connectivity index (χ4v) is 2.83. The summed E-state index contributed by atoms with van der Waals surface area (Å²) in [5.74, 6) is -0.0106. The summed E-state index contributed by atoms with van der Waals surface area (Å²) < 4.78 is 11.6. The average molecular weight is 332 g/mol. The number of hydrogen-bond donors (Lipinski definition) is 2. The maximum absolute atomic E-state index is 10.2. The first-order valence-electron chi connectivity index (χ1n) is 8.75. The highest BCUT2D eigenvalue weighted by atomic mass is 16.7. The highest BCUT2D eigenvalue weighted by molar-refractivity contribution is 5.17. The van der Waals surface area contributed by atoms with Crippen LogP contribution < -0.4 is 5.32 Å². The van der Waals surface area contributed by atoms with Crippen molar-refractivity contribution in [3.8, 4) is 6.07 Å². The smallest absolute Gasteiger partial charge is 0.157 e. The number of nitrogens with zero attached hydrogens (tertiary/aromatic N) is 1. The first kappa shape index (κ1) is 18.9. The Balaban J connectivity index is 1.82. The fourth-order valence-electron chi connectivity index (χ4n) is 2.83. The van der Waals surface area contributed by atoms with Crippen molar-refractivity contribution in [1.82, 2.24) is 5.32 Å². The van der Waals surface area contributed by atoms with Gasteiger partial charge in [0.1, 0.15) is 6.04 Å². The summed E-state index contributed by atoms with van der Waals surface area (Å²) in [6, 6.07) is 11.3. The van der Waals surface area contributed by atoms with Gasteiger partial charge in [0, 0.05) is 19.1 Å². The first-order chi connectivity index (χ1) is 11.6. The van der Waals surface area contributed by atoms with E-state index in [1.165, 1.54) is 0 Å². The number of nitrogens with one attached hydrogen (secondary N) is 1. The molecule has 24 heavy (non-hydrogen) atoms. The van der Waals surface area contributed by atoms with Crippen molar-refractivity contribution in [2.75, 3.05) is 13.2 Å². The summed E-state index contributed by atoms with van der Waals surface area (Å²) in [7, 11) is 0. The molecule has 2 rings (SSSR count). The van der Waals surface area contributed by atoms with E-state index in [4.69, 9.17) is 9.47 Å². The topological polar surface area (TPSA) is 74.5 Å². The van der Waals surface area contributed by atoms with Crippen molar-refractivity contribution in [2.45, 2.75) is 57.6 Å². The molecule has 0 amide bonds. The van der Waals surface area contributed by atoms with Crippen LogP contribution in [0.15, 0.2) is 30.3 Å². The van der Waals surface area contributed by atoms with Crippen LogP contribution in [0.1, 0.15) is 44.8 Å². The lowest BCUT2D eigenvalue weighted by molar-refractivity contribution is -0.194. The molecule has 1 aromatic carbocycles. The molecule has 1 fully saturated rings. The standard InChI is InChI=1S/C19H28N2O3/c1-14(15(2)24-19-10-6-7-11-23-19)17(12-20)21-13-18(22)16-8-4-3-5-9-16/h3-5,8-9,14-15,17-19,21-22H,6-7,10-11,13H2,1-2H3/t14-,15-,17-,18-,19?/m0/s1. The SMILES string of the molecule is C[C@H]([C@H](C#N)NC[C@H](O)c1ccccc1)[C@H](C)OC1CCCCO1. The van der Waals surface area contributed by atoms with E-state index < -0.39 is 6.10 Å². The highest BCUT2D eigenvalue weighted by Crippen LogP contribution is 2.20. The minimum atomic E-state index is -0.632. The van der Waals surface area contributed by atoms with E-state index in [1.807, 2.05) is 44.2 Å². The number of ether oxygens (including phenoxy) is 2. The number of nitriles is 1. The Morgan fingerprint density at radius 2 is 2.08 bits per heavy atom. The molecule has 1 unspecified atom stereocenters. The van der Waals surface area contributed by atoms with Crippen LogP contribution in [0.3, 0.4) is 0 Å². The number of aliphatic hydroxyl groups excluding tert-OH is 1. The van der Waals surface area contributed by atoms with Crippen molar-refractivity contribution in [1.29, 1.82) is 5.26 Å². The number of hydrogen-bond acceptors (Lipinski definition) is 5. The molecule has 0 bridgehead atoms. The summed E-state index contributed by atoms with van der Waals surface area (Å²) in [4.78, 5) is 0. The monoisotopic (exact) mass is 332 g/mol. The van der Waals surface area contributed by atoms with Crippen LogP contribution in [-0.2, 0) is 9.47 Å². The molecule has 132 valence electrons. The largest absolute Gasteiger partial charge is 0.387 e. The van der Waals surface area contributed by atoms with E-state index >= 15 is 0 Å². The molecule has 0 spiro atoms. The van der Waals surface area contributed by atoms with Gasteiger partial charge < -0.3 is 14.6 Å². The van der Waals surface area contributed by atoms with Crippen LogP contribution in [0.4, 0.5) is 0 Å². The molecule has 2 N–H and O–H groups in total. The van der Waals surface area contributed by atoms with E-state index in [0.717, 1.165) is 31.4 Å². The van der Waals surface area contributed by atoms with Crippen molar-refractivity contribution in [3.63, 3.8) is 0 Å². The third-order valence-electron chi connectivity index (χ3n) is 4.63. The van der Waals surface area contributed by atoms with E-state index in [-0.39, 0.29) is 24.4 Å². The van der Waals surface area contributed by atoms with Gasteiger partial charge in [-0.15, -0.1) is 0 Å². The predicted octanol–water partition coefficient (Wildman–Crippen LogP) is 2.77. The van der Waals surface area contributed by atoms with Crippen molar-refractivity contribution in [3.05, 3.63) is 35.9 Å². The van der Waals surface area contributed by atoms with Gasteiger partial charge in [-0.3, -0.25) is 5.32 Å². The molecule has 5 heteroatoms. The van der Waals surface area contributed by atoms with E-state index in [9.17, 15) is 10.4 Å². The Kier molecular flexibility index (Phi) is 7.67. The van der Waals surface area contributed by atoms with Crippen LogP contribution in [0, 0.1) is 17.2 Å². The quantitative estimate of drug-likeness (QED) is 0.766. The Bertz CT molecular complexity index is 511. The molecule has 5 nitrogen and oxygen atoms in total. The highest BCUT2D eigenvalue weighted by Gasteiger charge is 2.27. The minimum Gasteiger partial charge on any atom is -0.387 e. The minimum absolute atomic E-state index is 0.0106. The van der Waals surface area contributed by atoms with Crippen molar-refractivity contribution >= 4 is 0 Å². The van der Waals surface area contributed by atoms with Gasteiger partial charge in [-0.1, -0.05) is 37.3 Å². The van der Waals surface area contributed by atoms with Gasteiger partial charge in [-0.2, -0.15) is 5.26 Å². The van der Waals surface area contributed by atoms with Crippen molar-refractivity contribution in [2.24, 2.45) is 5.92 Å². The van der Waals surface area contributed by atoms with E-state index in [0.29, 0.717) is 6.54 Å². The maximum Gasteiger partial charge on any atom is 0.157 e. The molecule has 0 aliphatic carbocycles. The zero-order valence-electron chi connectivity index (χ0n) is 14.5. The summed E-state index contributed by atoms with van der Waals surface area (Å²) in [5, 5.41) is 22.8. The Labute approximate surface area is 144 Å². The third kappa shape index (κ3) is 5.57. The molecule has 0 radical (unpaired) electrons. The molecule has 1 aromatic rings. The molecule has 1 aliphatic rings. The molecule has 1 heterocycles. The van der Waals surface area contributed by atoms with Crippen LogP contribution in [0.25, 0.3) is 0 Å². The molecule has 1 saturated heterocycles. The first-order valence-corrected chi connectivity index (χ1v) is 8.75. The number of benzene rings is 1. The lowest BCUT2D eigenvalue weighted by atomic mass is 9.97. The Morgan fingerprint density at radius 3 is 2.71 bits per heavy atom. The van der Waals surface area contributed by atoms with Crippen molar-refractivity contribution < 1.29 is 14.6 Å². The summed E-state index contributed by atoms with van der Waals surface area (Å²) in [6.45, 7) is 5.04. The van der Waals surface area contributed by atoms with Crippen LogP contribution in [0.5, 0.6) is 0 Å². The summed E-state index contributed by atoms with van der Waals surface area (Å²) >= 11 is 0. The molecular formula is C19H28N2O3. The van der Waals surface area contributed by atoms with E-state index in [2.05, 4.69) is 11.4 Å². The third-order valence-corrected chi connectivity index (χ3v) is 4.63. The van der Waals surface area contributed by atoms with E-state index in [1.54, 1.807) is 0 Å². The Hall–Kier alpha value is -1.45. The molecule has 5 atom stereocenters. The Morgan fingerprint density at radius 1 is 1.33 bits per heavy atom. The summed E-state index contributed by atoms with van der Waals surface area (Å²) in [6.07, 6.45) is 2.23.